The summed E-state index contributed by atoms with van der Waals surface area (Å²) in [6.45, 7) is -0.171. The molecule has 1 amide bonds. The summed E-state index contributed by atoms with van der Waals surface area (Å²) in [6, 6.07) is 14.7. The van der Waals surface area contributed by atoms with Crippen molar-refractivity contribution in [2.45, 2.75) is 25.3 Å². The lowest BCUT2D eigenvalue weighted by atomic mass is 10.0. The molecule has 1 aromatic heterocycles. The maximum absolute atomic E-state index is 13.3. The van der Waals surface area contributed by atoms with Gasteiger partial charge in [0, 0.05) is 24.0 Å². The van der Waals surface area contributed by atoms with E-state index in [0.717, 1.165) is 21.7 Å². The number of benzene rings is 2. The van der Waals surface area contributed by atoms with Crippen LogP contribution < -0.4 is 14.2 Å². The Morgan fingerprint density at radius 1 is 1.06 bits per heavy atom. The lowest BCUT2D eigenvalue weighted by Crippen LogP contribution is -2.31. The summed E-state index contributed by atoms with van der Waals surface area (Å²) in [5.41, 5.74) is 3.31. The summed E-state index contributed by atoms with van der Waals surface area (Å²) in [4.78, 5) is 26.4. The minimum Gasteiger partial charge on any atom is -0.493 e. The SMILES string of the molecule is COc1ccc(C2CC(c3cccs3)=NN2C(=O)COc2cccc3c2CCC3=O)cc1OC. The molecule has 0 saturated carbocycles. The number of hydrogen-bond donors (Lipinski definition) is 0. The maximum Gasteiger partial charge on any atom is 0.281 e. The van der Waals surface area contributed by atoms with Gasteiger partial charge in [0.15, 0.2) is 23.9 Å². The molecule has 3 aromatic rings. The van der Waals surface area contributed by atoms with Gasteiger partial charge in [-0.05, 0) is 41.6 Å². The third-order valence-electron chi connectivity index (χ3n) is 6.15. The van der Waals surface area contributed by atoms with Crippen LogP contribution in [0.25, 0.3) is 0 Å². The zero-order valence-electron chi connectivity index (χ0n) is 18.9. The summed E-state index contributed by atoms with van der Waals surface area (Å²) in [5.74, 6) is 1.66. The van der Waals surface area contributed by atoms with E-state index in [9.17, 15) is 9.59 Å². The van der Waals surface area contributed by atoms with E-state index >= 15 is 0 Å². The first kappa shape index (κ1) is 22.2. The first-order valence-electron chi connectivity index (χ1n) is 11.0. The average Bonchev–Trinajstić information content (AvgIpc) is 3.62. The molecule has 174 valence electrons. The van der Waals surface area contributed by atoms with Crippen LogP contribution in [0.15, 0.2) is 59.0 Å². The molecular weight excluding hydrogens is 452 g/mol. The number of fused-ring (bicyclic) bond motifs is 1. The summed E-state index contributed by atoms with van der Waals surface area (Å²) in [5, 5.41) is 8.19. The largest absolute Gasteiger partial charge is 0.493 e. The molecule has 2 aromatic carbocycles. The first-order valence-corrected chi connectivity index (χ1v) is 11.9. The molecule has 0 spiro atoms. The van der Waals surface area contributed by atoms with Gasteiger partial charge in [-0.15, -0.1) is 11.3 Å². The van der Waals surface area contributed by atoms with Crippen LogP contribution in [0.3, 0.4) is 0 Å². The molecule has 5 rings (SSSR count). The zero-order chi connectivity index (χ0) is 23.7. The van der Waals surface area contributed by atoms with E-state index in [4.69, 9.17) is 14.2 Å². The van der Waals surface area contributed by atoms with Crippen molar-refractivity contribution in [2.75, 3.05) is 20.8 Å². The second kappa shape index (κ2) is 9.30. The summed E-state index contributed by atoms with van der Waals surface area (Å²) >= 11 is 1.59. The van der Waals surface area contributed by atoms with Crippen LogP contribution in [0.4, 0.5) is 0 Å². The second-order valence-electron chi connectivity index (χ2n) is 8.09. The van der Waals surface area contributed by atoms with Crippen molar-refractivity contribution in [2.24, 2.45) is 5.10 Å². The number of hydrazone groups is 1. The summed E-state index contributed by atoms with van der Waals surface area (Å²) < 4.78 is 16.7. The van der Waals surface area contributed by atoms with Crippen LogP contribution in [0.1, 0.15) is 45.2 Å². The Bertz CT molecular complexity index is 1270. The van der Waals surface area contributed by atoms with Crippen molar-refractivity contribution < 1.29 is 23.8 Å². The molecule has 0 bridgehead atoms. The van der Waals surface area contributed by atoms with Crippen LogP contribution >= 0.6 is 11.3 Å². The van der Waals surface area contributed by atoms with E-state index in [1.807, 2.05) is 41.8 Å². The topological polar surface area (TPSA) is 77.4 Å². The lowest BCUT2D eigenvalue weighted by molar-refractivity contribution is -0.135. The van der Waals surface area contributed by atoms with Gasteiger partial charge in [0.2, 0.25) is 0 Å². The minimum atomic E-state index is -0.295. The zero-order valence-corrected chi connectivity index (χ0v) is 19.8. The number of amides is 1. The number of Topliss-reactive ketones (excluding diaryl/α,β-unsaturated/α-hetero) is 1. The van der Waals surface area contributed by atoms with Gasteiger partial charge in [-0.25, -0.2) is 5.01 Å². The standard InChI is InChI=1S/C26H24N2O5S/c1-31-23-11-8-16(13-24(23)32-2)20-14-19(25-7-4-12-34-25)27-28(20)26(30)15-33-22-6-3-5-17-18(22)9-10-21(17)29/h3-8,11-13,20H,9-10,14-15H2,1-2H3. The van der Waals surface area contributed by atoms with Gasteiger partial charge < -0.3 is 14.2 Å². The molecule has 0 saturated heterocycles. The number of methoxy groups -OCH3 is 2. The van der Waals surface area contributed by atoms with Gasteiger partial charge in [0.25, 0.3) is 5.91 Å². The van der Waals surface area contributed by atoms with Crippen molar-refractivity contribution in [3.05, 3.63) is 75.5 Å². The van der Waals surface area contributed by atoms with Crippen LogP contribution in [-0.4, -0.2) is 43.2 Å². The normalized spacial score (nSPS) is 16.9. The molecule has 0 N–H and O–H groups in total. The monoisotopic (exact) mass is 476 g/mol. The molecule has 1 aliphatic heterocycles. The smallest absolute Gasteiger partial charge is 0.281 e. The van der Waals surface area contributed by atoms with Gasteiger partial charge in [-0.2, -0.15) is 5.10 Å². The molecule has 8 heteroatoms. The Morgan fingerprint density at radius 2 is 1.91 bits per heavy atom. The van der Waals surface area contributed by atoms with Crippen LogP contribution in [0.5, 0.6) is 17.2 Å². The average molecular weight is 477 g/mol. The highest BCUT2D eigenvalue weighted by Crippen LogP contribution is 2.38. The number of thiophene rings is 1. The van der Waals surface area contributed by atoms with Gasteiger partial charge in [-0.3, -0.25) is 9.59 Å². The predicted octanol–water partition coefficient (Wildman–Crippen LogP) is 4.65. The van der Waals surface area contributed by atoms with Crippen molar-refractivity contribution in [1.29, 1.82) is 0 Å². The maximum atomic E-state index is 13.3. The van der Waals surface area contributed by atoms with Crippen LogP contribution in [0.2, 0.25) is 0 Å². The van der Waals surface area contributed by atoms with E-state index in [1.165, 1.54) is 5.01 Å². The fraction of sp³-hybridized carbons (Fsp3) is 0.269. The van der Waals surface area contributed by atoms with Crippen LogP contribution in [-0.2, 0) is 11.2 Å². The number of ether oxygens (including phenoxy) is 3. The Morgan fingerprint density at radius 3 is 2.68 bits per heavy atom. The number of hydrogen-bond acceptors (Lipinski definition) is 7. The van der Waals surface area contributed by atoms with Gasteiger partial charge in [0.1, 0.15) is 5.75 Å². The first-order chi connectivity index (χ1) is 16.6. The predicted molar refractivity (Wildman–Crippen MR) is 129 cm³/mol. The molecule has 34 heavy (non-hydrogen) atoms. The fourth-order valence-electron chi connectivity index (χ4n) is 4.45. The number of carbonyl (C=O) groups excluding carboxylic acids is 2. The minimum absolute atomic E-state index is 0.116. The highest BCUT2D eigenvalue weighted by atomic mass is 32.1. The molecular formula is C26H24N2O5S. The summed E-state index contributed by atoms with van der Waals surface area (Å²) in [7, 11) is 3.18. The van der Waals surface area contributed by atoms with Crippen LogP contribution in [0, 0.1) is 0 Å². The molecule has 1 aliphatic carbocycles. The van der Waals surface area contributed by atoms with E-state index in [2.05, 4.69) is 5.10 Å². The fourth-order valence-corrected chi connectivity index (χ4v) is 5.17. The molecule has 2 heterocycles. The van der Waals surface area contributed by atoms with E-state index < -0.39 is 0 Å². The number of nitrogens with zero attached hydrogens (tertiary/aromatic N) is 2. The number of carbonyl (C=O) groups is 2. The van der Waals surface area contributed by atoms with E-state index in [-0.39, 0.29) is 24.3 Å². The second-order valence-corrected chi connectivity index (χ2v) is 9.04. The Hall–Kier alpha value is -3.65. The molecule has 0 fully saturated rings. The number of rotatable bonds is 7. The Labute approximate surface area is 201 Å². The molecule has 1 atom stereocenters. The Balaban J connectivity index is 1.41. The van der Waals surface area contributed by atoms with E-state index in [1.54, 1.807) is 37.7 Å². The molecule has 0 radical (unpaired) electrons. The molecule has 1 unspecified atom stereocenters. The van der Waals surface area contributed by atoms with Crippen molar-refractivity contribution >= 4 is 28.7 Å². The van der Waals surface area contributed by atoms with Gasteiger partial charge in [-0.1, -0.05) is 24.3 Å². The Kier molecular flexibility index (Phi) is 6.06. The highest BCUT2D eigenvalue weighted by molar-refractivity contribution is 7.12. The highest BCUT2D eigenvalue weighted by Gasteiger charge is 2.34. The van der Waals surface area contributed by atoms with Crippen molar-refractivity contribution in [3.8, 4) is 17.2 Å². The lowest BCUT2D eigenvalue weighted by Gasteiger charge is -2.23. The van der Waals surface area contributed by atoms with Gasteiger partial charge >= 0.3 is 0 Å². The van der Waals surface area contributed by atoms with Crippen molar-refractivity contribution in [3.63, 3.8) is 0 Å². The quantitative estimate of drug-likeness (QED) is 0.496. The van der Waals surface area contributed by atoms with Crippen molar-refractivity contribution in [1.82, 2.24) is 5.01 Å². The molecule has 2 aliphatic rings. The summed E-state index contributed by atoms with van der Waals surface area (Å²) in [6.07, 6.45) is 1.69. The number of ketones is 1. The van der Waals surface area contributed by atoms with Gasteiger partial charge in [0.05, 0.1) is 30.9 Å². The molecule has 7 nitrogen and oxygen atoms in total. The third-order valence-corrected chi connectivity index (χ3v) is 7.07. The van der Waals surface area contributed by atoms with E-state index in [0.29, 0.717) is 42.1 Å². The third kappa shape index (κ3) is 4.05.